The molecule has 0 saturated heterocycles. The third kappa shape index (κ3) is 5.52. The molecule has 0 aliphatic carbocycles. The third-order valence-corrected chi connectivity index (χ3v) is 3.93. The zero-order valence-corrected chi connectivity index (χ0v) is 13.0. The van der Waals surface area contributed by atoms with Crippen LogP contribution in [0.2, 0.25) is 0 Å². The van der Waals surface area contributed by atoms with Crippen LogP contribution in [-0.2, 0) is 0 Å². The second-order valence-corrected chi connectivity index (χ2v) is 4.22. The predicted octanol–water partition coefficient (Wildman–Crippen LogP) is 0.208. The average Bonchev–Trinajstić information content (AvgIpc) is 2.20. The van der Waals surface area contributed by atoms with Crippen LogP contribution < -0.4 is 17.0 Å². The molecule has 0 atom stereocenters. The van der Waals surface area contributed by atoms with Gasteiger partial charge in [0.1, 0.15) is 0 Å². The molecule has 0 heterocycles. The largest absolute Gasteiger partial charge is 1.00 e. The molecule has 0 aromatic carbocycles. The number of allylic oxidation sites excluding steroid dienone is 1. The summed E-state index contributed by atoms with van der Waals surface area (Å²) in [6.45, 7) is 13.9. The molecular formula is C11H23Br2N. The Hall–Kier alpha value is 0.660. The summed E-state index contributed by atoms with van der Waals surface area (Å²) in [5, 5.41) is 1.00. The van der Waals surface area contributed by atoms with Crippen molar-refractivity contribution in [2.45, 2.75) is 27.7 Å². The number of likely N-dealkylation sites (N-methyl/N-ethyl adjacent to an activating group) is 1. The van der Waals surface area contributed by atoms with Crippen molar-refractivity contribution in [3.05, 3.63) is 11.6 Å². The molecule has 86 valence electrons. The van der Waals surface area contributed by atoms with E-state index in [1.807, 2.05) is 0 Å². The number of alkyl halides is 1. The maximum atomic E-state index is 3.47. The second kappa shape index (κ2) is 8.93. The lowest BCUT2D eigenvalue weighted by Crippen LogP contribution is -3.00. The van der Waals surface area contributed by atoms with E-state index in [1.165, 1.54) is 36.2 Å². The smallest absolute Gasteiger partial charge is 0.0976 e. The summed E-state index contributed by atoms with van der Waals surface area (Å²) in [5.41, 5.74) is 1.44. The van der Waals surface area contributed by atoms with E-state index in [0.29, 0.717) is 0 Å². The maximum Gasteiger partial charge on any atom is 0.0976 e. The van der Waals surface area contributed by atoms with Crippen LogP contribution in [0.4, 0.5) is 0 Å². The first-order valence-corrected chi connectivity index (χ1v) is 6.33. The number of halogens is 2. The molecule has 0 radical (unpaired) electrons. The van der Waals surface area contributed by atoms with Crippen molar-refractivity contribution in [1.82, 2.24) is 0 Å². The molecular weight excluding hydrogens is 306 g/mol. The van der Waals surface area contributed by atoms with Crippen molar-refractivity contribution < 1.29 is 21.5 Å². The molecule has 0 bridgehead atoms. The molecule has 0 N–H and O–H groups in total. The van der Waals surface area contributed by atoms with Crippen molar-refractivity contribution >= 4 is 15.9 Å². The van der Waals surface area contributed by atoms with E-state index in [0.717, 1.165) is 5.33 Å². The van der Waals surface area contributed by atoms with Gasteiger partial charge in [0.25, 0.3) is 0 Å². The van der Waals surface area contributed by atoms with E-state index in [2.05, 4.69) is 49.7 Å². The van der Waals surface area contributed by atoms with Crippen molar-refractivity contribution in [3.63, 3.8) is 0 Å². The highest BCUT2D eigenvalue weighted by Crippen LogP contribution is 2.08. The van der Waals surface area contributed by atoms with Gasteiger partial charge >= 0.3 is 0 Å². The summed E-state index contributed by atoms with van der Waals surface area (Å²) >= 11 is 3.47. The van der Waals surface area contributed by atoms with Gasteiger partial charge in [-0.2, -0.15) is 0 Å². The van der Waals surface area contributed by atoms with Crippen LogP contribution in [0.3, 0.4) is 0 Å². The van der Waals surface area contributed by atoms with Crippen LogP contribution in [-0.4, -0.2) is 36.0 Å². The summed E-state index contributed by atoms with van der Waals surface area (Å²) < 4.78 is 1.21. The quantitative estimate of drug-likeness (QED) is 0.371. The number of rotatable bonds is 6. The van der Waals surface area contributed by atoms with E-state index in [4.69, 9.17) is 0 Å². The molecule has 0 aliphatic rings. The van der Waals surface area contributed by atoms with Crippen molar-refractivity contribution in [1.29, 1.82) is 0 Å². The van der Waals surface area contributed by atoms with Crippen LogP contribution in [0, 0.1) is 0 Å². The summed E-state index contributed by atoms with van der Waals surface area (Å²) in [5.74, 6) is 0. The summed E-state index contributed by atoms with van der Waals surface area (Å²) in [6.07, 6.45) is 2.37. The predicted molar refractivity (Wildman–Crippen MR) is 64.3 cm³/mol. The molecule has 0 aromatic heterocycles. The number of hydrogen-bond acceptors (Lipinski definition) is 0. The van der Waals surface area contributed by atoms with E-state index in [9.17, 15) is 0 Å². The van der Waals surface area contributed by atoms with Gasteiger partial charge in [0.05, 0.1) is 26.2 Å². The topological polar surface area (TPSA) is 0 Å². The van der Waals surface area contributed by atoms with Crippen LogP contribution in [0.5, 0.6) is 0 Å². The van der Waals surface area contributed by atoms with E-state index < -0.39 is 0 Å². The van der Waals surface area contributed by atoms with Crippen molar-refractivity contribution in [2.24, 2.45) is 0 Å². The van der Waals surface area contributed by atoms with Gasteiger partial charge in [-0.25, -0.2) is 0 Å². The van der Waals surface area contributed by atoms with Crippen molar-refractivity contribution in [3.8, 4) is 0 Å². The van der Waals surface area contributed by atoms with E-state index in [1.54, 1.807) is 0 Å². The molecule has 0 unspecified atom stereocenters. The first-order valence-electron chi connectivity index (χ1n) is 5.20. The van der Waals surface area contributed by atoms with Crippen molar-refractivity contribution in [2.75, 3.05) is 31.5 Å². The number of nitrogens with zero attached hydrogens (tertiary/aromatic N) is 1. The molecule has 0 rings (SSSR count). The number of hydrogen-bond donors (Lipinski definition) is 0. The number of quaternary nitrogens is 1. The lowest BCUT2D eigenvalue weighted by Gasteiger charge is -2.34. The molecule has 0 fully saturated rings. The normalized spacial score (nSPS) is 12.5. The molecule has 0 spiro atoms. The highest BCUT2D eigenvalue weighted by molar-refractivity contribution is 9.09. The van der Waals surface area contributed by atoms with Crippen LogP contribution in [0.25, 0.3) is 0 Å². The molecule has 14 heavy (non-hydrogen) atoms. The minimum Gasteiger partial charge on any atom is -1.00 e. The Labute approximate surface area is 108 Å². The Kier molecular flexibility index (Phi) is 10.9. The Morgan fingerprint density at radius 1 is 1.14 bits per heavy atom. The summed E-state index contributed by atoms with van der Waals surface area (Å²) in [7, 11) is 0. The Balaban J connectivity index is 0. The van der Waals surface area contributed by atoms with Gasteiger partial charge in [0.2, 0.25) is 0 Å². The maximum absolute atomic E-state index is 3.47. The Morgan fingerprint density at radius 3 is 1.86 bits per heavy atom. The first kappa shape index (κ1) is 17.1. The first-order chi connectivity index (χ1) is 6.14. The van der Waals surface area contributed by atoms with E-state index in [-0.39, 0.29) is 17.0 Å². The van der Waals surface area contributed by atoms with Crippen LogP contribution in [0.1, 0.15) is 27.7 Å². The van der Waals surface area contributed by atoms with Gasteiger partial charge in [0, 0.05) is 5.33 Å². The molecule has 1 nitrogen and oxygen atoms in total. The van der Waals surface area contributed by atoms with Gasteiger partial charge in [-0.05, 0) is 33.8 Å². The summed E-state index contributed by atoms with van der Waals surface area (Å²) in [4.78, 5) is 0. The fourth-order valence-electron chi connectivity index (χ4n) is 1.46. The summed E-state index contributed by atoms with van der Waals surface area (Å²) in [6, 6.07) is 0. The fourth-order valence-corrected chi connectivity index (χ4v) is 1.69. The molecule has 0 aliphatic heterocycles. The molecule has 3 heteroatoms. The molecule has 0 amide bonds. The Bertz CT molecular complexity index is 154. The van der Waals surface area contributed by atoms with Gasteiger partial charge in [0.15, 0.2) is 0 Å². The lowest BCUT2D eigenvalue weighted by atomic mass is 10.2. The SMILES string of the molecule is CC[N+](CC)(CC)CC=C(C)CBr.[Br-]. The molecule has 0 saturated carbocycles. The van der Waals surface area contributed by atoms with Gasteiger partial charge in [-0.15, -0.1) is 0 Å². The second-order valence-electron chi connectivity index (χ2n) is 3.66. The molecule has 0 aromatic rings. The average molecular weight is 329 g/mol. The van der Waals surface area contributed by atoms with E-state index >= 15 is 0 Å². The minimum atomic E-state index is 0. The van der Waals surface area contributed by atoms with Crippen LogP contribution >= 0.6 is 15.9 Å². The third-order valence-electron chi connectivity index (χ3n) is 3.05. The fraction of sp³-hybridized carbons (Fsp3) is 0.818. The van der Waals surface area contributed by atoms with Gasteiger partial charge in [-0.3, -0.25) is 0 Å². The zero-order chi connectivity index (χ0) is 10.3. The lowest BCUT2D eigenvalue weighted by molar-refractivity contribution is -0.917. The Morgan fingerprint density at radius 2 is 1.57 bits per heavy atom. The van der Waals surface area contributed by atoms with Gasteiger partial charge in [-0.1, -0.05) is 21.5 Å². The standard InChI is InChI=1S/C11H23BrN.BrH/c1-5-13(6-2,7-3)9-8-11(4)10-12;/h8H,5-7,9-10H2,1-4H3;1H/q+1;/p-1. The monoisotopic (exact) mass is 327 g/mol. The highest BCUT2D eigenvalue weighted by Gasteiger charge is 2.18. The highest BCUT2D eigenvalue weighted by atomic mass is 79.9. The minimum absolute atomic E-state index is 0. The van der Waals surface area contributed by atoms with Gasteiger partial charge < -0.3 is 21.5 Å². The zero-order valence-electron chi connectivity index (χ0n) is 9.82. The van der Waals surface area contributed by atoms with Crippen LogP contribution in [0.15, 0.2) is 11.6 Å².